The lowest BCUT2D eigenvalue weighted by Gasteiger charge is -1.97. The fraction of sp³-hybridized carbons (Fsp3) is 0.857. The summed E-state index contributed by atoms with van der Waals surface area (Å²) in [6.07, 6.45) is 1.97. The van der Waals surface area contributed by atoms with Crippen molar-refractivity contribution < 1.29 is 4.74 Å². The molecule has 1 aliphatic heterocycles. The molecule has 0 aliphatic carbocycles. The summed E-state index contributed by atoms with van der Waals surface area (Å²) in [6.45, 7) is 4.09. The fourth-order valence-electron chi connectivity index (χ4n) is 1.08. The lowest BCUT2D eigenvalue weighted by molar-refractivity contribution is 0.301. The van der Waals surface area contributed by atoms with E-state index in [1.807, 2.05) is 6.92 Å². The maximum Gasteiger partial charge on any atom is 0.173 e. The topological polar surface area (TPSA) is 36.3 Å². The molecule has 0 aromatic rings. The minimum absolute atomic E-state index is 0.0938. The second-order valence-corrected chi connectivity index (χ2v) is 2.69. The third-order valence-electron chi connectivity index (χ3n) is 1.75. The molecule has 1 rings (SSSR count). The van der Waals surface area contributed by atoms with E-state index in [4.69, 9.17) is 10.00 Å². The Morgan fingerprint density at radius 1 is 1.78 bits per heavy atom. The van der Waals surface area contributed by atoms with Gasteiger partial charge in [-0.25, -0.2) is 0 Å². The van der Waals surface area contributed by atoms with E-state index < -0.39 is 0 Å². The van der Waals surface area contributed by atoms with Gasteiger partial charge < -0.3 is 4.74 Å². The maximum absolute atomic E-state index is 8.39. The molecular formula is C7H11NO. The van der Waals surface area contributed by atoms with Crippen LogP contribution in [-0.2, 0) is 4.74 Å². The third kappa shape index (κ3) is 1.06. The first-order valence-electron chi connectivity index (χ1n) is 3.30. The van der Waals surface area contributed by atoms with Crippen molar-refractivity contribution in [3.63, 3.8) is 0 Å². The SMILES string of the molecule is CCCC1(C)OC1C#N. The second-order valence-electron chi connectivity index (χ2n) is 2.69. The summed E-state index contributed by atoms with van der Waals surface area (Å²) in [5, 5.41) is 8.39. The molecular weight excluding hydrogens is 114 g/mol. The zero-order valence-corrected chi connectivity index (χ0v) is 5.85. The highest BCUT2D eigenvalue weighted by atomic mass is 16.6. The summed E-state index contributed by atoms with van der Waals surface area (Å²) in [6, 6.07) is 2.09. The number of hydrogen-bond acceptors (Lipinski definition) is 2. The molecule has 2 nitrogen and oxygen atoms in total. The lowest BCUT2D eigenvalue weighted by Crippen LogP contribution is -2.06. The van der Waals surface area contributed by atoms with Gasteiger partial charge >= 0.3 is 0 Å². The highest BCUT2D eigenvalue weighted by molar-refractivity contribution is 5.11. The minimum Gasteiger partial charge on any atom is -0.350 e. The van der Waals surface area contributed by atoms with Crippen LogP contribution in [0.1, 0.15) is 26.7 Å². The van der Waals surface area contributed by atoms with Gasteiger partial charge in [0.15, 0.2) is 6.10 Å². The van der Waals surface area contributed by atoms with Gasteiger partial charge in [0.1, 0.15) is 5.60 Å². The first kappa shape index (κ1) is 6.57. The number of rotatable bonds is 2. The van der Waals surface area contributed by atoms with E-state index in [1.54, 1.807) is 0 Å². The quantitative estimate of drug-likeness (QED) is 0.524. The van der Waals surface area contributed by atoms with Crippen LogP contribution in [0.15, 0.2) is 0 Å². The normalized spacial score (nSPS) is 39.9. The van der Waals surface area contributed by atoms with Gasteiger partial charge in [0.05, 0.1) is 6.07 Å². The molecule has 2 atom stereocenters. The summed E-state index contributed by atoms with van der Waals surface area (Å²) < 4.78 is 5.13. The molecule has 9 heavy (non-hydrogen) atoms. The molecule has 2 heteroatoms. The summed E-state index contributed by atoms with van der Waals surface area (Å²) in [5.74, 6) is 0. The van der Waals surface area contributed by atoms with E-state index in [-0.39, 0.29) is 11.7 Å². The predicted octanol–water partition coefficient (Wildman–Crippen LogP) is 1.47. The van der Waals surface area contributed by atoms with Crippen molar-refractivity contribution in [1.82, 2.24) is 0 Å². The van der Waals surface area contributed by atoms with Gasteiger partial charge in [-0.15, -0.1) is 0 Å². The van der Waals surface area contributed by atoms with Crippen LogP contribution >= 0.6 is 0 Å². The molecule has 0 bridgehead atoms. The molecule has 1 saturated heterocycles. The monoisotopic (exact) mass is 125 g/mol. The van der Waals surface area contributed by atoms with Crippen LogP contribution in [0.2, 0.25) is 0 Å². The average Bonchev–Trinajstić information content (AvgIpc) is 2.43. The maximum atomic E-state index is 8.39. The molecule has 0 saturated carbocycles. The number of nitrogens with zero attached hydrogens (tertiary/aromatic N) is 1. The van der Waals surface area contributed by atoms with Crippen molar-refractivity contribution >= 4 is 0 Å². The molecule has 1 fully saturated rings. The van der Waals surface area contributed by atoms with Gasteiger partial charge in [0.25, 0.3) is 0 Å². The number of ether oxygens (including phenoxy) is 1. The third-order valence-corrected chi connectivity index (χ3v) is 1.75. The van der Waals surface area contributed by atoms with E-state index in [1.165, 1.54) is 0 Å². The van der Waals surface area contributed by atoms with Crippen molar-refractivity contribution in [2.45, 2.75) is 38.4 Å². The van der Waals surface area contributed by atoms with Gasteiger partial charge in [-0.05, 0) is 13.3 Å². The van der Waals surface area contributed by atoms with Gasteiger partial charge in [0, 0.05) is 0 Å². The Morgan fingerprint density at radius 3 is 2.78 bits per heavy atom. The zero-order chi connectivity index (χ0) is 6.91. The Morgan fingerprint density at radius 2 is 2.44 bits per heavy atom. The smallest absolute Gasteiger partial charge is 0.173 e. The number of nitriles is 1. The van der Waals surface area contributed by atoms with Crippen LogP contribution in [0.5, 0.6) is 0 Å². The summed E-state index contributed by atoms with van der Waals surface area (Å²) in [4.78, 5) is 0. The van der Waals surface area contributed by atoms with Crippen molar-refractivity contribution in [2.75, 3.05) is 0 Å². The van der Waals surface area contributed by atoms with E-state index in [0.29, 0.717) is 0 Å². The van der Waals surface area contributed by atoms with Gasteiger partial charge in [0.2, 0.25) is 0 Å². The second kappa shape index (κ2) is 2.00. The molecule has 1 aliphatic rings. The molecule has 0 aromatic heterocycles. The van der Waals surface area contributed by atoms with E-state index in [0.717, 1.165) is 12.8 Å². The largest absolute Gasteiger partial charge is 0.350 e. The zero-order valence-electron chi connectivity index (χ0n) is 5.85. The molecule has 2 unspecified atom stereocenters. The molecule has 0 spiro atoms. The average molecular weight is 125 g/mol. The minimum atomic E-state index is -0.127. The van der Waals surface area contributed by atoms with Crippen LogP contribution in [-0.4, -0.2) is 11.7 Å². The first-order chi connectivity index (χ1) is 4.23. The molecule has 0 N–H and O–H groups in total. The predicted molar refractivity (Wildman–Crippen MR) is 33.8 cm³/mol. The molecule has 0 aromatic carbocycles. The summed E-state index contributed by atoms with van der Waals surface area (Å²) in [5.41, 5.74) is -0.0938. The van der Waals surface area contributed by atoms with Gasteiger partial charge in [-0.1, -0.05) is 13.3 Å². The van der Waals surface area contributed by atoms with E-state index in [2.05, 4.69) is 13.0 Å². The Labute approximate surface area is 55.4 Å². The van der Waals surface area contributed by atoms with Crippen molar-refractivity contribution in [2.24, 2.45) is 0 Å². The van der Waals surface area contributed by atoms with Gasteiger partial charge in [-0.2, -0.15) is 5.26 Å². The Bertz CT molecular complexity index is 149. The highest BCUT2D eigenvalue weighted by Crippen LogP contribution is 2.39. The lowest BCUT2D eigenvalue weighted by atomic mass is 10.0. The van der Waals surface area contributed by atoms with Gasteiger partial charge in [-0.3, -0.25) is 0 Å². The van der Waals surface area contributed by atoms with Crippen LogP contribution in [0.3, 0.4) is 0 Å². The van der Waals surface area contributed by atoms with Crippen LogP contribution in [0, 0.1) is 11.3 Å². The molecule has 1 heterocycles. The molecule has 50 valence electrons. The van der Waals surface area contributed by atoms with Crippen LogP contribution in [0.25, 0.3) is 0 Å². The number of hydrogen-bond donors (Lipinski definition) is 0. The summed E-state index contributed by atoms with van der Waals surface area (Å²) in [7, 11) is 0. The summed E-state index contributed by atoms with van der Waals surface area (Å²) >= 11 is 0. The van der Waals surface area contributed by atoms with Crippen molar-refractivity contribution in [1.29, 1.82) is 5.26 Å². The van der Waals surface area contributed by atoms with Crippen molar-refractivity contribution in [3.05, 3.63) is 0 Å². The first-order valence-corrected chi connectivity index (χ1v) is 3.30. The van der Waals surface area contributed by atoms with E-state index >= 15 is 0 Å². The Kier molecular flexibility index (Phi) is 1.46. The standard InChI is InChI=1S/C7H11NO/c1-3-4-7(2)6(5-8)9-7/h6H,3-4H2,1-2H3. The Balaban J connectivity index is 2.35. The highest BCUT2D eigenvalue weighted by Gasteiger charge is 2.51. The van der Waals surface area contributed by atoms with E-state index in [9.17, 15) is 0 Å². The fourth-order valence-corrected chi connectivity index (χ4v) is 1.08. The number of epoxide rings is 1. The Hall–Kier alpha value is -0.550. The van der Waals surface area contributed by atoms with Crippen molar-refractivity contribution in [3.8, 4) is 6.07 Å². The molecule has 0 radical (unpaired) electrons. The van der Waals surface area contributed by atoms with Crippen LogP contribution < -0.4 is 0 Å². The molecule has 0 amide bonds. The van der Waals surface area contributed by atoms with Crippen LogP contribution in [0.4, 0.5) is 0 Å².